The van der Waals surface area contributed by atoms with E-state index in [0.717, 1.165) is 42.5 Å². The number of nitrogens with zero attached hydrogens (tertiary/aromatic N) is 1. The van der Waals surface area contributed by atoms with Gasteiger partial charge in [0.15, 0.2) is 0 Å². The number of aryl methyl sites for hydroxylation is 4. The fourth-order valence-electron chi connectivity index (χ4n) is 6.00. The molecule has 264 valence electrons. The standard InChI is InChI=1S/C41H34BrNO7S2/c1-22-18-28(35-30-10-8-9-11-31(30)36(42)38-34(35)24(3)25(4)51-38)19-23(2)37(22)50-52(46,47)29-16-17-32(40(45)49-41(5,6)7)33(20-29)48-39(44)27-14-12-26(21-43)13-15-27/h8-20H,1-7H3. The molecule has 6 rings (SSSR count). The van der Waals surface area contributed by atoms with Gasteiger partial charge in [0.25, 0.3) is 0 Å². The molecular formula is C41H34BrNO7S2. The lowest BCUT2D eigenvalue weighted by molar-refractivity contribution is 0.00666. The maximum Gasteiger partial charge on any atom is 0.343 e. The number of hydrogen-bond acceptors (Lipinski definition) is 9. The van der Waals surface area contributed by atoms with Gasteiger partial charge in [-0.2, -0.15) is 13.7 Å². The topological polar surface area (TPSA) is 120 Å². The number of thiophene rings is 1. The molecule has 0 spiro atoms. The number of fused-ring (bicyclic) bond motifs is 2. The highest BCUT2D eigenvalue weighted by Gasteiger charge is 2.28. The van der Waals surface area contributed by atoms with E-state index in [1.165, 1.54) is 46.8 Å². The van der Waals surface area contributed by atoms with Crippen LogP contribution in [0.15, 0.2) is 88.2 Å². The molecule has 0 N–H and O–H groups in total. The first-order valence-corrected chi connectivity index (χ1v) is 19.3. The highest BCUT2D eigenvalue weighted by atomic mass is 79.9. The van der Waals surface area contributed by atoms with Crippen LogP contribution in [0, 0.1) is 39.0 Å². The monoisotopic (exact) mass is 795 g/mol. The molecule has 0 saturated heterocycles. The first-order valence-electron chi connectivity index (χ1n) is 16.2. The van der Waals surface area contributed by atoms with Crippen LogP contribution in [0.5, 0.6) is 11.5 Å². The summed E-state index contributed by atoms with van der Waals surface area (Å²) in [6, 6.07) is 23.2. The van der Waals surface area contributed by atoms with E-state index in [4.69, 9.17) is 18.9 Å². The molecule has 0 aliphatic carbocycles. The Bertz CT molecular complexity index is 2570. The van der Waals surface area contributed by atoms with Gasteiger partial charge < -0.3 is 13.7 Å². The number of esters is 2. The summed E-state index contributed by atoms with van der Waals surface area (Å²) >= 11 is 5.59. The molecule has 0 fully saturated rings. The molecular weight excluding hydrogens is 762 g/mol. The zero-order valence-electron chi connectivity index (χ0n) is 29.5. The highest BCUT2D eigenvalue weighted by molar-refractivity contribution is 9.11. The van der Waals surface area contributed by atoms with Crippen LogP contribution in [-0.2, 0) is 14.9 Å². The molecule has 0 unspecified atom stereocenters. The van der Waals surface area contributed by atoms with Crippen molar-refractivity contribution < 1.29 is 31.7 Å². The zero-order valence-corrected chi connectivity index (χ0v) is 32.7. The van der Waals surface area contributed by atoms with Crippen molar-refractivity contribution >= 4 is 70.2 Å². The minimum atomic E-state index is -4.51. The van der Waals surface area contributed by atoms with Crippen LogP contribution >= 0.6 is 27.3 Å². The van der Waals surface area contributed by atoms with Crippen LogP contribution in [0.2, 0.25) is 0 Å². The van der Waals surface area contributed by atoms with Crippen molar-refractivity contribution in [1.29, 1.82) is 5.26 Å². The predicted molar refractivity (Wildman–Crippen MR) is 207 cm³/mol. The Morgan fingerprint density at radius 3 is 2.10 bits per heavy atom. The largest absolute Gasteiger partial charge is 0.456 e. The summed E-state index contributed by atoms with van der Waals surface area (Å²) in [5.41, 5.74) is 3.76. The van der Waals surface area contributed by atoms with Gasteiger partial charge in [0, 0.05) is 20.8 Å². The van der Waals surface area contributed by atoms with Gasteiger partial charge in [-0.15, -0.1) is 11.3 Å². The van der Waals surface area contributed by atoms with Gasteiger partial charge in [0.05, 0.1) is 21.9 Å². The van der Waals surface area contributed by atoms with Crippen molar-refractivity contribution in [3.05, 3.63) is 122 Å². The zero-order chi connectivity index (χ0) is 37.7. The maximum absolute atomic E-state index is 13.9. The molecule has 52 heavy (non-hydrogen) atoms. The van der Waals surface area contributed by atoms with Crippen LogP contribution in [0.4, 0.5) is 0 Å². The number of halogens is 1. The first kappa shape index (κ1) is 36.8. The molecule has 0 aliphatic rings. The molecule has 8 nitrogen and oxygen atoms in total. The number of hydrogen-bond donors (Lipinski definition) is 0. The Morgan fingerprint density at radius 2 is 1.48 bits per heavy atom. The van der Waals surface area contributed by atoms with E-state index in [2.05, 4.69) is 41.9 Å². The van der Waals surface area contributed by atoms with E-state index < -0.39 is 27.7 Å². The molecule has 0 aliphatic heterocycles. The number of carbonyl (C=O) groups excluding carboxylic acids is 2. The molecule has 0 bridgehead atoms. The summed E-state index contributed by atoms with van der Waals surface area (Å²) in [4.78, 5) is 27.2. The summed E-state index contributed by atoms with van der Waals surface area (Å²) < 4.78 is 46.8. The first-order chi connectivity index (χ1) is 24.5. The van der Waals surface area contributed by atoms with Crippen molar-refractivity contribution in [2.45, 2.75) is 59.0 Å². The predicted octanol–water partition coefficient (Wildman–Crippen LogP) is 10.5. The van der Waals surface area contributed by atoms with Gasteiger partial charge in [-0.1, -0.05) is 24.3 Å². The van der Waals surface area contributed by atoms with Gasteiger partial charge in [-0.05, 0) is 152 Å². The molecule has 0 saturated carbocycles. The quantitative estimate of drug-likeness (QED) is 0.0890. The Balaban J connectivity index is 1.40. The molecule has 0 amide bonds. The summed E-state index contributed by atoms with van der Waals surface area (Å²) in [5, 5.41) is 12.4. The van der Waals surface area contributed by atoms with Crippen molar-refractivity contribution in [3.8, 4) is 28.7 Å². The van der Waals surface area contributed by atoms with E-state index in [1.807, 2.05) is 30.3 Å². The van der Waals surface area contributed by atoms with E-state index in [1.54, 1.807) is 46.0 Å². The van der Waals surface area contributed by atoms with Crippen molar-refractivity contribution in [3.63, 3.8) is 0 Å². The van der Waals surface area contributed by atoms with Crippen molar-refractivity contribution in [1.82, 2.24) is 0 Å². The second kappa shape index (κ2) is 13.8. The fraction of sp³-hybridized carbons (Fsp3) is 0.195. The molecule has 5 aromatic carbocycles. The van der Waals surface area contributed by atoms with Gasteiger partial charge in [0.2, 0.25) is 0 Å². The summed E-state index contributed by atoms with van der Waals surface area (Å²) in [6.07, 6.45) is 0. The summed E-state index contributed by atoms with van der Waals surface area (Å²) in [6.45, 7) is 12.9. The summed E-state index contributed by atoms with van der Waals surface area (Å²) in [7, 11) is -4.51. The Labute approximate surface area is 314 Å². The molecule has 0 atom stereocenters. The molecule has 1 aromatic heterocycles. The smallest absolute Gasteiger partial charge is 0.343 e. The Morgan fingerprint density at radius 1 is 0.846 bits per heavy atom. The van der Waals surface area contributed by atoms with Crippen molar-refractivity contribution in [2.24, 2.45) is 0 Å². The van der Waals surface area contributed by atoms with Crippen LogP contribution < -0.4 is 8.92 Å². The second-order valence-corrected chi connectivity index (χ2v) is 17.0. The number of nitriles is 1. The van der Waals surface area contributed by atoms with Crippen LogP contribution in [0.25, 0.3) is 32.0 Å². The lowest BCUT2D eigenvalue weighted by Gasteiger charge is -2.21. The third kappa shape index (κ3) is 7.06. The molecule has 0 radical (unpaired) electrons. The average molecular weight is 797 g/mol. The summed E-state index contributed by atoms with van der Waals surface area (Å²) in [5.74, 6) is -1.85. The van der Waals surface area contributed by atoms with E-state index in [0.29, 0.717) is 16.7 Å². The van der Waals surface area contributed by atoms with Gasteiger partial charge in [0.1, 0.15) is 27.6 Å². The minimum Gasteiger partial charge on any atom is -0.456 e. The Kier molecular flexibility index (Phi) is 9.79. The van der Waals surface area contributed by atoms with E-state index >= 15 is 0 Å². The maximum atomic E-state index is 13.9. The second-order valence-electron chi connectivity index (χ2n) is 13.4. The third-order valence-electron chi connectivity index (χ3n) is 8.52. The number of rotatable bonds is 7. The van der Waals surface area contributed by atoms with Crippen LogP contribution in [-0.4, -0.2) is 26.0 Å². The molecule has 6 aromatic rings. The van der Waals surface area contributed by atoms with Crippen molar-refractivity contribution in [2.75, 3.05) is 0 Å². The van der Waals surface area contributed by atoms with Gasteiger partial charge >= 0.3 is 22.1 Å². The fourth-order valence-corrected chi connectivity index (χ4v) is 8.97. The van der Waals surface area contributed by atoms with E-state index in [9.17, 15) is 18.0 Å². The lowest BCUT2D eigenvalue weighted by atomic mass is 9.91. The van der Waals surface area contributed by atoms with Crippen LogP contribution in [0.1, 0.15) is 68.6 Å². The normalized spacial score (nSPS) is 11.8. The lowest BCUT2D eigenvalue weighted by Crippen LogP contribution is -2.24. The van der Waals surface area contributed by atoms with Gasteiger partial charge in [-0.3, -0.25) is 0 Å². The molecule has 1 heterocycles. The highest BCUT2D eigenvalue weighted by Crippen LogP contribution is 2.48. The minimum absolute atomic E-state index is 0.0913. The van der Waals surface area contributed by atoms with Gasteiger partial charge in [-0.25, -0.2) is 9.59 Å². The SMILES string of the molecule is Cc1cc(-c2c3ccccc3c(Br)c3sc(C)c(C)c23)cc(C)c1OS(=O)(=O)c1ccc(C(=O)OC(C)(C)C)c(OC(=O)c2ccc(C#N)cc2)c1. The number of ether oxygens (including phenoxy) is 2. The third-order valence-corrected chi connectivity index (χ3v) is 12.1. The van der Waals surface area contributed by atoms with Crippen LogP contribution in [0.3, 0.4) is 0 Å². The average Bonchev–Trinajstić information content (AvgIpc) is 3.39. The Hall–Kier alpha value is -5.02. The number of benzene rings is 5. The number of carbonyl (C=O) groups is 2. The van der Waals surface area contributed by atoms with E-state index in [-0.39, 0.29) is 27.5 Å². The molecule has 11 heteroatoms.